The number of hydrogen-bond acceptors (Lipinski definition) is 1. The summed E-state index contributed by atoms with van der Waals surface area (Å²) in [5.41, 5.74) is 2.87. The van der Waals surface area contributed by atoms with E-state index in [1.807, 2.05) is 0 Å². The highest BCUT2D eigenvalue weighted by Crippen LogP contribution is 2.27. The molecule has 1 aliphatic heterocycles. The second-order valence-corrected chi connectivity index (χ2v) is 5.85. The van der Waals surface area contributed by atoms with Gasteiger partial charge in [0, 0.05) is 5.75 Å². The summed E-state index contributed by atoms with van der Waals surface area (Å²) < 4.78 is 0. The van der Waals surface area contributed by atoms with Gasteiger partial charge in [-0.15, -0.1) is 10.5 Å². The zero-order valence-corrected chi connectivity index (χ0v) is 9.40. The number of allylic oxidation sites excluding steroid dienone is 3. The molecule has 14 heavy (non-hydrogen) atoms. The first-order chi connectivity index (χ1) is 6.77. The van der Waals surface area contributed by atoms with E-state index in [-0.39, 0.29) is 10.5 Å². The maximum absolute atomic E-state index is 11.4. The minimum atomic E-state index is 0.000825. The van der Waals surface area contributed by atoms with Gasteiger partial charge >= 0.3 is 0 Å². The van der Waals surface area contributed by atoms with Gasteiger partial charge in [0.25, 0.3) is 0 Å². The molecule has 2 heteroatoms. The molecule has 1 nitrogen and oxygen atoms in total. The fraction of sp³-hybridized carbons (Fsp3) is 0.500. The van der Waals surface area contributed by atoms with Crippen molar-refractivity contribution < 1.29 is 4.79 Å². The molecule has 1 atom stereocenters. The highest BCUT2D eigenvalue weighted by atomic mass is 32.2. The molecule has 1 aliphatic carbocycles. The third-order valence-corrected chi connectivity index (χ3v) is 4.13. The molecular formula is C12H16OS. The summed E-state index contributed by atoms with van der Waals surface area (Å²) in [7, 11) is 0.000825. The van der Waals surface area contributed by atoms with Gasteiger partial charge < -0.3 is 0 Å². The normalized spacial score (nSPS) is 26.5. The summed E-state index contributed by atoms with van der Waals surface area (Å²) >= 11 is 0. The maximum atomic E-state index is 11.4. The fourth-order valence-corrected chi connectivity index (χ4v) is 2.60. The lowest BCUT2D eigenvalue weighted by Gasteiger charge is -2.14. The lowest BCUT2D eigenvalue weighted by Crippen LogP contribution is -1.95. The van der Waals surface area contributed by atoms with E-state index in [0.717, 1.165) is 12.2 Å². The summed E-state index contributed by atoms with van der Waals surface area (Å²) in [6.07, 6.45) is 8.81. The summed E-state index contributed by atoms with van der Waals surface area (Å²) in [5.74, 6) is 1.02. The van der Waals surface area contributed by atoms with Crippen LogP contribution < -0.4 is 0 Å². The van der Waals surface area contributed by atoms with Gasteiger partial charge in [0.15, 0.2) is 0 Å². The summed E-state index contributed by atoms with van der Waals surface area (Å²) in [6, 6.07) is 0. The smallest absolute Gasteiger partial charge is 0.206 e. The van der Waals surface area contributed by atoms with E-state index in [4.69, 9.17) is 0 Å². The Morgan fingerprint density at radius 3 is 2.79 bits per heavy atom. The van der Waals surface area contributed by atoms with Gasteiger partial charge in [0.1, 0.15) is 0 Å². The Kier molecular flexibility index (Phi) is 3.02. The van der Waals surface area contributed by atoms with Crippen LogP contribution in [-0.4, -0.2) is 16.2 Å². The van der Waals surface area contributed by atoms with Crippen molar-refractivity contribution in [3.05, 3.63) is 23.3 Å². The van der Waals surface area contributed by atoms with E-state index in [1.54, 1.807) is 6.08 Å². The molecule has 0 bridgehead atoms. The molecule has 2 aliphatic rings. The summed E-state index contributed by atoms with van der Waals surface area (Å²) in [5, 5.41) is 2.41. The minimum absolute atomic E-state index is 0.000825. The van der Waals surface area contributed by atoms with E-state index < -0.39 is 0 Å². The zero-order valence-electron chi connectivity index (χ0n) is 8.58. The first-order valence-electron chi connectivity index (χ1n) is 5.21. The average Bonchev–Trinajstić information content (AvgIpc) is 2.99. The topological polar surface area (TPSA) is 17.1 Å². The first kappa shape index (κ1) is 9.91. The highest BCUT2D eigenvalue weighted by Gasteiger charge is 2.12. The predicted octanol–water partition coefficient (Wildman–Crippen LogP) is 3.04. The molecular weight excluding hydrogens is 192 g/mol. The van der Waals surface area contributed by atoms with Crippen LogP contribution in [0.25, 0.3) is 0 Å². The van der Waals surface area contributed by atoms with Crippen LogP contribution in [0, 0.1) is 0 Å². The fourth-order valence-electron chi connectivity index (χ4n) is 1.76. The molecule has 0 amide bonds. The summed E-state index contributed by atoms with van der Waals surface area (Å²) in [4.78, 5) is 11.4. The van der Waals surface area contributed by atoms with E-state index in [9.17, 15) is 4.79 Å². The Morgan fingerprint density at radius 1 is 1.43 bits per heavy atom. The lowest BCUT2D eigenvalue weighted by atomic mass is 9.93. The van der Waals surface area contributed by atoms with Crippen molar-refractivity contribution in [3.8, 4) is 0 Å². The monoisotopic (exact) mass is 208 g/mol. The van der Waals surface area contributed by atoms with E-state index >= 15 is 0 Å². The third kappa shape index (κ3) is 2.44. The largest absolute Gasteiger partial charge is 0.283 e. The van der Waals surface area contributed by atoms with Gasteiger partial charge in [-0.2, -0.15) is 0 Å². The molecule has 0 fully saturated rings. The summed E-state index contributed by atoms with van der Waals surface area (Å²) in [6.45, 7) is 2.19. The quantitative estimate of drug-likeness (QED) is 0.503. The van der Waals surface area contributed by atoms with Crippen LogP contribution in [0.2, 0.25) is 0 Å². The molecule has 1 unspecified atom stereocenters. The van der Waals surface area contributed by atoms with Gasteiger partial charge in [0.2, 0.25) is 5.12 Å². The Bertz CT molecular complexity index is 347. The van der Waals surface area contributed by atoms with Gasteiger partial charge in [0.05, 0.1) is 0 Å². The van der Waals surface area contributed by atoms with Crippen molar-refractivity contribution in [2.45, 2.75) is 32.6 Å². The maximum Gasteiger partial charge on any atom is 0.206 e. The van der Waals surface area contributed by atoms with Crippen molar-refractivity contribution in [2.24, 2.45) is 0 Å². The SMILES string of the molecule is CC1=C(/C=C/C(=O)S2=CC2)CCCC1. The second-order valence-electron chi connectivity index (χ2n) is 3.93. The lowest BCUT2D eigenvalue weighted by molar-refractivity contribution is -0.107. The van der Waals surface area contributed by atoms with Crippen molar-refractivity contribution >= 4 is 21.0 Å². The van der Waals surface area contributed by atoms with Crippen LogP contribution in [0.5, 0.6) is 0 Å². The molecule has 0 radical (unpaired) electrons. The van der Waals surface area contributed by atoms with Crippen LogP contribution in [0.3, 0.4) is 0 Å². The highest BCUT2D eigenvalue weighted by molar-refractivity contribution is 8.35. The Labute approximate surface area is 87.8 Å². The Hall–Kier alpha value is -0.630. The first-order valence-corrected chi connectivity index (χ1v) is 6.67. The molecule has 0 aromatic heterocycles. The number of carbonyl (C=O) groups excluding carboxylic acids is 1. The van der Waals surface area contributed by atoms with Crippen molar-refractivity contribution in [2.75, 3.05) is 5.75 Å². The number of rotatable bonds is 2. The molecule has 0 aromatic rings. The average molecular weight is 208 g/mol. The molecule has 0 aromatic carbocycles. The van der Waals surface area contributed by atoms with Crippen LogP contribution in [-0.2, 0) is 4.79 Å². The van der Waals surface area contributed by atoms with Gasteiger partial charge in [-0.3, -0.25) is 4.79 Å². The van der Waals surface area contributed by atoms with Crippen molar-refractivity contribution in [1.29, 1.82) is 0 Å². The zero-order chi connectivity index (χ0) is 9.97. The Morgan fingerprint density at radius 2 is 2.14 bits per heavy atom. The van der Waals surface area contributed by atoms with Crippen LogP contribution in [0.15, 0.2) is 23.3 Å². The van der Waals surface area contributed by atoms with E-state index in [1.165, 1.54) is 30.4 Å². The molecule has 2 rings (SSSR count). The molecule has 1 heterocycles. The van der Waals surface area contributed by atoms with Gasteiger partial charge in [-0.25, -0.2) is 0 Å². The minimum Gasteiger partial charge on any atom is -0.283 e. The van der Waals surface area contributed by atoms with Crippen LogP contribution in [0.4, 0.5) is 0 Å². The standard InChI is InChI=1S/C12H16OS/c1-10-4-2-3-5-11(10)6-7-12(13)14-8-9-14/h6-8H,2-5,9H2,1H3/b7-6+. The molecule has 0 saturated heterocycles. The van der Waals surface area contributed by atoms with Gasteiger partial charge in [-0.05, 0) is 49.6 Å². The number of hydrogen-bond donors (Lipinski definition) is 0. The van der Waals surface area contributed by atoms with E-state index in [2.05, 4.69) is 18.4 Å². The molecule has 0 N–H and O–H groups in total. The van der Waals surface area contributed by atoms with Crippen LogP contribution >= 0.6 is 10.5 Å². The Balaban J connectivity index is 2.01. The molecule has 0 saturated carbocycles. The van der Waals surface area contributed by atoms with Crippen LogP contribution in [0.1, 0.15) is 32.6 Å². The van der Waals surface area contributed by atoms with E-state index in [0.29, 0.717) is 5.12 Å². The molecule has 0 spiro atoms. The van der Waals surface area contributed by atoms with Gasteiger partial charge in [-0.1, -0.05) is 11.6 Å². The van der Waals surface area contributed by atoms with Crippen molar-refractivity contribution in [1.82, 2.24) is 0 Å². The second kappa shape index (κ2) is 4.26. The predicted molar refractivity (Wildman–Crippen MR) is 63.8 cm³/mol. The molecule has 76 valence electrons. The third-order valence-electron chi connectivity index (χ3n) is 2.81. The number of carbonyl (C=O) groups is 1. The van der Waals surface area contributed by atoms with Crippen molar-refractivity contribution in [3.63, 3.8) is 0 Å².